The maximum Gasteiger partial charge on any atom is 1.00 e. The summed E-state index contributed by atoms with van der Waals surface area (Å²) in [6, 6.07) is 0. The van der Waals surface area contributed by atoms with Crippen LogP contribution < -0.4 is 59.1 Å². The summed E-state index contributed by atoms with van der Waals surface area (Å²) in [6.07, 6.45) is 48.0. The zero-order valence-corrected chi connectivity index (χ0v) is 34.3. The summed E-state index contributed by atoms with van der Waals surface area (Å²) in [4.78, 5) is 0. The molecule has 0 radical (unpaired) electrons. The van der Waals surface area contributed by atoms with E-state index in [4.69, 9.17) is 13.3 Å². The summed E-state index contributed by atoms with van der Waals surface area (Å²) in [5.74, 6) is 0. The van der Waals surface area contributed by atoms with E-state index >= 15 is 0 Å². The summed E-state index contributed by atoms with van der Waals surface area (Å²) in [5, 5.41) is 10.3. The Morgan fingerprint density at radius 3 is 1.09 bits per heavy atom. The molecule has 0 aromatic heterocycles. The van der Waals surface area contributed by atoms with Gasteiger partial charge in [0.05, 0.1) is 6.10 Å². The molecule has 43 heavy (non-hydrogen) atoms. The van der Waals surface area contributed by atoms with Crippen molar-refractivity contribution in [3.05, 3.63) is 24.3 Å². The van der Waals surface area contributed by atoms with Gasteiger partial charge >= 0.3 is 59.1 Å². The van der Waals surface area contributed by atoms with Crippen LogP contribution in [0.1, 0.15) is 200 Å². The van der Waals surface area contributed by atoms with E-state index in [-0.39, 0.29) is 65.2 Å². The first-order valence-electron chi connectivity index (χ1n) is 17.8. The van der Waals surface area contributed by atoms with E-state index in [0.717, 1.165) is 19.3 Å². The van der Waals surface area contributed by atoms with E-state index in [1.165, 1.54) is 167 Å². The van der Waals surface area contributed by atoms with Crippen LogP contribution in [-0.4, -0.2) is 24.5 Å². The molecule has 1 atom stereocenters. The Morgan fingerprint density at radius 1 is 0.488 bits per heavy atom. The summed E-state index contributed by atoms with van der Waals surface area (Å²) in [6.45, 7) is 4.56. The van der Waals surface area contributed by atoms with Gasteiger partial charge in [-0.2, -0.15) is 0 Å². The van der Waals surface area contributed by atoms with Crippen LogP contribution in [-0.2, 0) is 11.4 Å². The van der Waals surface area contributed by atoms with Gasteiger partial charge in [0, 0.05) is 0 Å². The van der Waals surface area contributed by atoms with Crippen molar-refractivity contribution in [2.75, 3.05) is 0 Å². The Balaban J connectivity index is -0.00000118. The normalized spacial score (nSPS) is 11.9. The van der Waals surface area contributed by atoms with Crippen molar-refractivity contribution in [2.24, 2.45) is 0 Å². The Bertz CT molecular complexity index is 557. The van der Waals surface area contributed by atoms with Crippen LogP contribution >= 0.6 is 0 Å². The van der Waals surface area contributed by atoms with Crippen molar-refractivity contribution in [3.63, 3.8) is 0 Å². The number of allylic oxidation sites excluding steroid dienone is 4. The van der Waals surface area contributed by atoms with Crippen molar-refractivity contribution in [2.45, 2.75) is 206 Å². The standard InChI is InChI=1S/C36H70O.2Na.H2O3S/c1-3-5-7-9-11-13-15-17-19-21-23-25-27-29-31-33-35-36(37)34-32-30-28-26-24-22-20-18-16-14-12-10-8-6-4-2;;;1-4(2)3/h11,13,17,19,36-37H,3-10,12,14-16,18,20-35H2,1-2H3;;;(H2,1,2,3)/q;2*+1;/p-2/b13-11-,19-17-;;;. The molecule has 0 saturated heterocycles. The average molecular weight is 645 g/mol. The maximum atomic E-state index is 10.3. The zero-order chi connectivity index (χ0) is 30.5. The van der Waals surface area contributed by atoms with Gasteiger partial charge in [-0.3, -0.25) is 4.21 Å². The summed E-state index contributed by atoms with van der Waals surface area (Å²) in [5.41, 5.74) is 0. The molecule has 0 saturated carbocycles. The van der Waals surface area contributed by atoms with Crippen molar-refractivity contribution in [1.82, 2.24) is 0 Å². The first-order valence-corrected chi connectivity index (χ1v) is 18.8. The quantitative estimate of drug-likeness (QED) is 0.0447. The van der Waals surface area contributed by atoms with Gasteiger partial charge in [-0.25, -0.2) is 0 Å². The molecule has 0 aromatic rings. The topological polar surface area (TPSA) is 83.4 Å². The van der Waals surface area contributed by atoms with Gasteiger partial charge in [-0.05, 0) is 44.9 Å². The molecule has 1 N–H and O–H groups in total. The molecule has 4 nitrogen and oxygen atoms in total. The molecule has 0 spiro atoms. The largest absolute Gasteiger partial charge is 1.00 e. The van der Waals surface area contributed by atoms with Crippen molar-refractivity contribution in [3.8, 4) is 0 Å². The number of aliphatic hydroxyl groups excluding tert-OH is 1. The smallest absolute Gasteiger partial charge is 0.784 e. The summed E-state index contributed by atoms with van der Waals surface area (Å²) >= 11 is -3.11. The van der Waals surface area contributed by atoms with E-state index in [1.54, 1.807) is 0 Å². The number of aliphatic hydroxyl groups is 1. The minimum absolute atomic E-state index is 0. The number of hydrogen-bond donors (Lipinski definition) is 1. The third-order valence-electron chi connectivity index (χ3n) is 7.88. The average Bonchev–Trinajstić information content (AvgIpc) is 2.94. The minimum atomic E-state index is -3.11. The number of rotatable bonds is 31. The third-order valence-corrected chi connectivity index (χ3v) is 7.88. The first kappa shape index (κ1) is 51.3. The second-order valence-corrected chi connectivity index (χ2v) is 12.4. The Kier molecular flexibility index (Phi) is 57.2. The third kappa shape index (κ3) is 56.2. The van der Waals surface area contributed by atoms with E-state index in [1.807, 2.05) is 0 Å². The van der Waals surface area contributed by atoms with Crippen molar-refractivity contribution in [1.29, 1.82) is 0 Å². The van der Waals surface area contributed by atoms with Crippen LogP contribution in [0.2, 0.25) is 0 Å². The predicted octanol–water partition coefficient (Wildman–Crippen LogP) is 5.82. The molecule has 0 aliphatic rings. The van der Waals surface area contributed by atoms with Gasteiger partial charge in [0.2, 0.25) is 0 Å². The van der Waals surface area contributed by atoms with Crippen LogP contribution in [0.4, 0.5) is 0 Å². The van der Waals surface area contributed by atoms with Gasteiger partial charge < -0.3 is 14.2 Å². The van der Waals surface area contributed by atoms with Crippen LogP contribution in [0.5, 0.6) is 0 Å². The second-order valence-electron chi connectivity index (χ2n) is 12.0. The first-order chi connectivity index (χ1) is 20.0. The van der Waals surface area contributed by atoms with Crippen LogP contribution in [0.3, 0.4) is 0 Å². The predicted molar refractivity (Wildman–Crippen MR) is 179 cm³/mol. The molecule has 0 aliphatic heterocycles. The van der Waals surface area contributed by atoms with Crippen molar-refractivity contribution >= 4 is 11.4 Å². The Labute approximate surface area is 316 Å². The molecule has 1 unspecified atom stereocenters. The molecular formula is C36H70Na2O4S. The van der Waals surface area contributed by atoms with Crippen molar-refractivity contribution < 1.29 is 77.5 Å². The fourth-order valence-electron chi connectivity index (χ4n) is 5.26. The van der Waals surface area contributed by atoms with E-state index in [0.29, 0.717) is 0 Å². The van der Waals surface area contributed by atoms with E-state index in [2.05, 4.69) is 38.2 Å². The van der Waals surface area contributed by atoms with Crippen LogP contribution in [0.25, 0.3) is 0 Å². The molecular weight excluding hydrogens is 574 g/mol. The maximum absolute atomic E-state index is 10.3. The summed E-state index contributed by atoms with van der Waals surface area (Å²) < 4.78 is 25.3. The SMILES string of the molecule is CCCCC/C=C\C/C=C\CCCCCCCCC(O)CCCCCCCCCCCCCCCCC.O=S([O-])[O-].[Na+].[Na+]. The van der Waals surface area contributed by atoms with Gasteiger partial charge in [0.15, 0.2) is 0 Å². The van der Waals surface area contributed by atoms with Gasteiger partial charge in [0.25, 0.3) is 0 Å². The van der Waals surface area contributed by atoms with Crippen LogP contribution in [0, 0.1) is 0 Å². The monoisotopic (exact) mass is 644 g/mol. The molecule has 7 heteroatoms. The fourth-order valence-corrected chi connectivity index (χ4v) is 5.26. The van der Waals surface area contributed by atoms with Crippen LogP contribution in [0.15, 0.2) is 24.3 Å². The minimum Gasteiger partial charge on any atom is -0.784 e. The Morgan fingerprint density at radius 2 is 0.744 bits per heavy atom. The summed E-state index contributed by atoms with van der Waals surface area (Å²) in [7, 11) is 0. The molecule has 0 bridgehead atoms. The molecule has 0 rings (SSSR count). The fraction of sp³-hybridized carbons (Fsp3) is 0.889. The molecule has 0 aromatic carbocycles. The zero-order valence-electron chi connectivity index (χ0n) is 29.5. The molecule has 246 valence electrons. The van der Waals surface area contributed by atoms with E-state index < -0.39 is 11.4 Å². The molecule has 0 amide bonds. The van der Waals surface area contributed by atoms with E-state index in [9.17, 15) is 5.11 Å². The number of hydrogen-bond acceptors (Lipinski definition) is 4. The molecule has 0 heterocycles. The Hall–Kier alpha value is 1.51. The molecule has 0 fully saturated rings. The van der Waals surface area contributed by atoms with Gasteiger partial charge in [0.1, 0.15) is 0 Å². The number of unbranched alkanes of at least 4 members (excludes halogenated alkanes) is 23. The van der Waals surface area contributed by atoms with Gasteiger partial charge in [-0.1, -0.05) is 179 Å². The molecule has 0 aliphatic carbocycles. The second kappa shape index (κ2) is 47.9. The van der Waals surface area contributed by atoms with Gasteiger partial charge in [-0.15, -0.1) is 11.4 Å².